The molecule has 1 atom stereocenters. The molecule has 4 nitrogen and oxygen atoms in total. The Labute approximate surface area is 140 Å². The van der Waals surface area contributed by atoms with Gasteiger partial charge in [-0.25, -0.2) is 12.8 Å². The molecule has 1 aliphatic heterocycles. The number of carbonyl (C=O) groups is 1. The Balaban J connectivity index is 2.05. The highest BCUT2D eigenvalue weighted by Crippen LogP contribution is 2.26. The van der Waals surface area contributed by atoms with Crippen LogP contribution in [0.15, 0.2) is 60.0 Å². The van der Waals surface area contributed by atoms with Gasteiger partial charge in [0.1, 0.15) is 5.82 Å². The number of anilines is 1. The Kier molecular flexibility index (Phi) is 4.24. The number of aryl methyl sites for hydroxylation is 1. The molecular formula is C18H16FNO3S. The highest BCUT2D eigenvalue weighted by atomic mass is 32.2. The van der Waals surface area contributed by atoms with Crippen molar-refractivity contribution in [2.24, 2.45) is 0 Å². The van der Waals surface area contributed by atoms with Crippen molar-refractivity contribution >= 4 is 21.4 Å². The molecule has 0 fully saturated rings. The SMILES string of the molecule is Cc1cccc(N(C(=O)c2cccc(F)c2)[C@@H]2C=CS(=O)(=O)C2)c1. The summed E-state index contributed by atoms with van der Waals surface area (Å²) in [6, 6.07) is 12.0. The van der Waals surface area contributed by atoms with Crippen molar-refractivity contribution in [3.8, 4) is 0 Å². The molecule has 1 amide bonds. The lowest BCUT2D eigenvalue weighted by molar-refractivity contribution is 0.0982. The van der Waals surface area contributed by atoms with Crippen LogP contribution in [0.2, 0.25) is 0 Å². The first-order valence-corrected chi connectivity index (χ1v) is 9.14. The summed E-state index contributed by atoms with van der Waals surface area (Å²) in [7, 11) is -3.33. The summed E-state index contributed by atoms with van der Waals surface area (Å²) in [5.41, 5.74) is 1.69. The number of sulfone groups is 1. The third-order valence-corrected chi connectivity index (χ3v) is 5.19. The molecule has 0 aromatic heterocycles. The predicted octanol–water partition coefficient (Wildman–Crippen LogP) is 3.09. The molecule has 0 radical (unpaired) electrons. The van der Waals surface area contributed by atoms with Crippen LogP contribution in [0.4, 0.5) is 10.1 Å². The van der Waals surface area contributed by atoms with Gasteiger partial charge < -0.3 is 4.90 Å². The summed E-state index contributed by atoms with van der Waals surface area (Å²) >= 11 is 0. The molecule has 0 bridgehead atoms. The standard InChI is InChI=1S/C18H16FNO3S/c1-13-4-2-7-16(10-13)20(17-8-9-24(22,23)12-17)18(21)14-5-3-6-15(19)11-14/h2-11,17H,12H2,1H3/t17-/m1/s1. The van der Waals surface area contributed by atoms with Gasteiger partial charge >= 0.3 is 0 Å². The fraction of sp³-hybridized carbons (Fsp3) is 0.167. The molecule has 2 aromatic rings. The largest absolute Gasteiger partial charge is 0.300 e. The first-order valence-electron chi connectivity index (χ1n) is 7.42. The first-order chi connectivity index (χ1) is 11.4. The Morgan fingerprint density at radius 2 is 1.92 bits per heavy atom. The van der Waals surface area contributed by atoms with Gasteiger partial charge in [0.25, 0.3) is 5.91 Å². The highest BCUT2D eigenvalue weighted by Gasteiger charge is 2.32. The van der Waals surface area contributed by atoms with Gasteiger partial charge in [0, 0.05) is 16.7 Å². The maximum Gasteiger partial charge on any atom is 0.258 e. The average molecular weight is 345 g/mol. The van der Waals surface area contributed by atoms with E-state index in [2.05, 4.69) is 0 Å². The van der Waals surface area contributed by atoms with E-state index in [0.29, 0.717) is 5.69 Å². The van der Waals surface area contributed by atoms with E-state index in [0.717, 1.165) is 17.0 Å². The molecule has 0 saturated heterocycles. The van der Waals surface area contributed by atoms with Crippen LogP contribution in [-0.2, 0) is 9.84 Å². The minimum Gasteiger partial charge on any atom is -0.300 e. The van der Waals surface area contributed by atoms with Crippen molar-refractivity contribution < 1.29 is 17.6 Å². The third-order valence-electron chi connectivity index (χ3n) is 3.81. The number of hydrogen-bond acceptors (Lipinski definition) is 3. The zero-order valence-corrected chi connectivity index (χ0v) is 13.8. The molecule has 0 saturated carbocycles. The van der Waals surface area contributed by atoms with Crippen LogP contribution >= 0.6 is 0 Å². The van der Waals surface area contributed by atoms with Crippen molar-refractivity contribution in [2.75, 3.05) is 10.7 Å². The lowest BCUT2D eigenvalue weighted by Crippen LogP contribution is -2.41. The number of halogens is 1. The maximum absolute atomic E-state index is 13.5. The summed E-state index contributed by atoms with van der Waals surface area (Å²) in [5.74, 6) is -1.13. The van der Waals surface area contributed by atoms with E-state index in [1.807, 2.05) is 13.0 Å². The molecule has 24 heavy (non-hydrogen) atoms. The van der Waals surface area contributed by atoms with Crippen LogP contribution in [0.1, 0.15) is 15.9 Å². The predicted molar refractivity (Wildman–Crippen MR) is 91.1 cm³/mol. The van der Waals surface area contributed by atoms with E-state index < -0.39 is 27.6 Å². The second-order valence-electron chi connectivity index (χ2n) is 5.75. The molecule has 0 unspecified atom stereocenters. The normalized spacial score (nSPS) is 18.5. The van der Waals surface area contributed by atoms with Gasteiger partial charge in [-0.3, -0.25) is 4.79 Å². The van der Waals surface area contributed by atoms with Crippen LogP contribution < -0.4 is 4.90 Å². The van der Waals surface area contributed by atoms with Gasteiger partial charge in [0.05, 0.1) is 11.8 Å². The molecule has 3 rings (SSSR count). The van der Waals surface area contributed by atoms with E-state index in [1.54, 1.807) is 18.2 Å². The quantitative estimate of drug-likeness (QED) is 0.859. The number of carbonyl (C=O) groups excluding carboxylic acids is 1. The summed E-state index contributed by atoms with van der Waals surface area (Å²) in [6.45, 7) is 1.88. The third kappa shape index (κ3) is 3.38. The number of nitrogens with zero attached hydrogens (tertiary/aromatic N) is 1. The van der Waals surface area contributed by atoms with Gasteiger partial charge in [-0.1, -0.05) is 18.2 Å². The van der Waals surface area contributed by atoms with E-state index in [1.165, 1.54) is 29.2 Å². The van der Waals surface area contributed by atoms with Crippen molar-refractivity contribution in [3.63, 3.8) is 0 Å². The number of hydrogen-bond donors (Lipinski definition) is 0. The molecule has 0 aliphatic carbocycles. The van der Waals surface area contributed by atoms with Gasteiger partial charge in [-0.05, 0) is 48.9 Å². The number of rotatable bonds is 3. The fourth-order valence-corrected chi connectivity index (χ4v) is 3.99. The highest BCUT2D eigenvalue weighted by molar-refractivity contribution is 7.94. The minimum atomic E-state index is -3.33. The van der Waals surface area contributed by atoms with Gasteiger partial charge in [0.15, 0.2) is 9.84 Å². The zero-order valence-electron chi connectivity index (χ0n) is 13.0. The van der Waals surface area contributed by atoms with Crippen LogP contribution in [0.3, 0.4) is 0 Å². The van der Waals surface area contributed by atoms with Crippen LogP contribution in [0.5, 0.6) is 0 Å². The molecular weight excluding hydrogens is 329 g/mol. The van der Waals surface area contributed by atoms with Crippen LogP contribution in [0, 0.1) is 12.7 Å². The molecule has 1 aliphatic rings. The van der Waals surface area contributed by atoms with E-state index >= 15 is 0 Å². The summed E-state index contributed by atoms with van der Waals surface area (Å²) in [6.07, 6.45) is 1.49. The topological polar surface area (TPSA) is 54.5 Å². The number of benzene rings is 2. The minimum absolute atomic E-state index is 0.175. The Hall–Kier alpha value is -2.47. The molecule has 2 aromatic carbocycles. The Bertz CT molecular complexity index is 921. The van der Waals surface area contributed by atoms with Crippen molar-refractivity contribution in [2.45, 2.75) is 13.0 Å². The van der Waals surface area contributed by atoms with Crippen molar-refractivity contribution in [1.82, 2.24) is 0 Å². The first kappa shape index (κ1) is 16.4. The molecule has 0 N–H and O–H groups in total. The smallest absolute Gasteiger partial charge is 0.258 e. The van der Waals surface area contributed by atoms with Crippen molar-refractivity contribution in [3.05, 3.63) is 77.0 Å². The van der Waals surface area contributed by atoms with Crippen LogP contribution in [-0.4, -0.2) is 26.1 Å². The van der Waals surface area contributed by atoms with Gasteiger partial charge in [-0.2, -0.15) is 0 Å². The van der Waals surface area contributed by atoms with Gasteiger partial charge in [-0.15, -0.1) is 0 Å². The number of amides is 1. The summed E-state index contributed by atoms with van der Waals surface area (Å²) < 4.78 is 37.0. The Morgan fingerprint density at radius 1 is 1.17 bits per heavy atom. The molecule has 124 valence electrons. The van der Waals surface area contributed by atoms with E-state index in [9.17, 15) is 17.6 Å². The lowest BCUT2D eigenvalue weighted by atomic mass is 10.1. The fourth-order valence-electron chi connectivity index (χ4n) is 2.72. The van der Waals surface area contributed by atoms with Crippen molar-refractivity contribution in [1.29, 1.82) is 0 Å². The van der Waals surface area contributed by atoms with E-state index in [4.69, 9.17) is 0 Å². The van der Waals surface area contributed by atoms with E-state index in [-0.39, 0.29) is 11.3 Å². The Morgan fingerprint density at radius 3 is 2.54 bits per heavy atom. The second-order valence-corrected chi connectivity index (χ2v) is 7.68. The molecule has 6 heteroatoms. The maximum atomic E-state index is 13.5. The van der Waals surface area contributed by atoms with Crippen LogP contribution in [0.25, 0.3) is 0 Å². The van der Waals surface area contributed by atoms with Gasteiger partial charge in [0.2, 0.25) is 0 Å². The second kappa shape index (κ2) is 6.20. The lowest BCUT2D eigenvalue weighted by Gasteiger charge is -2.28. The summed E-state index contributed by atoms with van der Waals surface area (Å²) in [4.78, 5) is 14.3. The molecule has 1 heterocycles. The molecule has 0 spiro atoms. The average Bonchev–Trinajstić information content (AvgIpc) is 2.87. The zero-order chi connectivity index (χ0) is 17.3. The monoisotopic (exact) mass is 345 g/mol. The summed E-state index contributed by atoms with van der Waals surface area (Å²) in [5, 5.41) is 1.12.